The van der Waals surface area contributed by atoms with E-state index >= 15 is 0 Å². The first-order valence-electron chi connectivity index (χ1n) is 13.3. The Kier molecular flexibility index (Phi) is 11.3. The number of rotatable bonds is 17. The summed E-state index contributed by atoms with van der Waals surface area (Å²) in [6, 6.07) is 22.4. The first-order chi connectivity index (χ1) is 19.6. The van der Waals surface area contributed by atoms with Gasteiger partial charge in [0.25, 0.3) is 5.69 Å². The second kappa shape index (κ2) is 15.6. The molecular weight excluding hydrogens is 516 g/mol. The zero-order valence-corrected chi connectivity index (χ0v) is 22.3. The Morgan fingerprint density at radius 1 is 0.750 bits per heavy atom. The quantitative estimate of drug-likeness (QED) is 0.142. The van der Waals surface area contributed by atoms with Gasteiger partial charge in [-0.3, -0.25) is 10.1 Å². The van der Waals surface area contributed by atoms with Gasteiger partial charge in [-0.15, -0.1) is 0 Å². The van der Waals surface area contributed by atoms with Gasteiger partial charge in [-0.05, 0) is 40.8 Å². The summed E-state index contributed by atoms with van der Waals surface area (Å²) in [5.41, 5.74) is 4.80. The molecule has 40 heavy (non-hydrogen) atoms. The number of carbonyl (C=O) groups excluding carboxylic acids is 1. The standard InChI is InChI=1S/C30H34N2O8/c33-30(40-22-29-27-8-3-1-6-25(27)26-7-2-4-9-28(26)29)31-14-5-15-36-16-17-37-18-19-38-20-21-39-24-12-10-23(11-13-24)32(34)35/h1-4,6-13,29H,5,14-22H2,(H,31,33). The van der Waals surface area contributed by atoms with Gasteiger partial charge in [0.1, 0.15) is 19.0 Å². The van der Waals surface area contributed by atoms with Gasteiger partial charge in [0.15, 0.2) is 0 Å². The topological polar surface area (TPSA) is 118 Å². The fourth-order valence-electron chi connectivity index (χ4n) is 4.44. The van der Waals surface area contributed by atoms with Gasteiger partial charge in [0.2, 0.25) is 0 Å². The maximum Gasteiger partial charge on any atom is 0.407 e. The van der Waals surface area contributed by atoms with E-state index in [9.17, 15) is 14.9 Å². The van der Waals surface area contributed by atoms with E-state index in [1.165, 1.54) is 34.4 Å². The van der Waals surface area contributed by atoms with Crippen LogP contribution in [0.25, 0.3) is 11.1 Å². The number of hydrogen-bond acceptors (Lipinski definition) is 8. The predicted octanol–water partition coefficient (Wildman–Crippen LogP) is 4.95. The molecule has 10 nitrogen and oxygen atoms in total. The molecule has 1 aliphatic rings. The van der Waals surface area contributed by atoms with E-state index in [0.29, 0.717) is 71.6 Å². The van der Waals surface area contributed by atoms with Crippen LogP contribution in [0.5, 0.6) is 5.75 Å². The van der Waals surface area contributed by atoms with Crippen LogP contribution >= 0.6 is 0 Å². The van der Waals surface area contributed by atoms with Gasteiger partial charge in [0, 0.05) is 31.2 Å². The van der Waals surface area contributed by atoms with Crippen molar-refractivity contribution < 1.29 is 33.4 Å². The zero-order valence-electron chi connectivity index (χ0n) is 22.3. The normalized spacial score (nSPS) is 12.0. The molecule has 0 aliphatic heterocycles. The number of nitro benzene ring substituents is 1. The number of nitrogens with zero attached hydrogens (tertiary/aromatic N) is 1. The van der Waals surface area contributed by atoms with Crippen LogP contribution in [0.15, 0.2) is 72.8 Å². The Morgan fingerprint density at radius 2 is 1.30 bits per heavy atom. The number of amides is 1. The van der Waals surface area contributed by atoms with Crippen molar-refractivity contribution in [3.05, 3.63) is 94.0 Å². The van der Waals surface area contributed by atoms with E-state index in [4.69, 9.17) is 23.7 Å². The van der Waals surface area contributed by atoms with Crippen molar-refractivity contribution in [2.45, 2.75) is 12.3 Å². The molecule has 4 rings (SSSR count). The first-order valence-corrected chi connectivity index (χ1v) is 13.3. The van der Waals surface area contributed by atoms with Crippen molar-refractivity contribution in [2.75, 3.05) is 59.4 Å². The van der Waals surface area contributed by atoms with Gasteiger partial charge in [-0.2, -0.15) is 0 Å². The number of ether oxygens (including phenoxy) is 5. The maximum absolute atomic E-state index is 12.2. The van der Waals surface area contributed by atoms with Crippen molar-refractivity contribution in [1.82, 2.24) is 5.32 Å². The Balaban J connectivity index is 0.954. The monoisotopic (exact) mass is 550 g/mol. The lowest BCUT2D eigenvalue weighted by Crippen LogP contribution is -2.27. The van der Waals surface area contributed by atoms with Crippen LogP contribution in [0.1, 0.15) is 23.5 Å². The molecule has 1 N–H and O–H groups in total. The summed E-state index contributed by atoms with van der Waals surface area (Å²) in [4.78, 5) is 22.4. The third-order valence-electron chi connectivity index (χ3n) is 6.37. The van der Waals surface area contributed by atoms with Crippen LogP contribution < -0.4 is 10.1 Å². The van der Waals surface area contributed by atoms with E-state index in [0.717, 1.165) is 0 Å². The SMILES string of the molecule is O=C(NCCCOCCOCCOCCOc1ccc([N+](=O)[O-])cc1)OCC1c2ccccc2-c2ccccc21. The summed E-state index contributed by atoms with van der Waals surface area (Å²) in [5, 5.41) is 13.4. The Morgan fingerprint density at radius 3 is 1.90 bits per heavy atom. The van der Waals surface area contributed by atoms with Gasteiger partial charge < -0.3 is 29.0 Å². The van der Waals surface area contributed by atoms with Crippen molar-refractivity contribution in [1.29, 1.82) is 0 Å². The lowest BCUT2D eigenvalue weighted by atomic mass is 9.98. The average molecular weight is 551 g/mol. The molecule has 1 aliphatic carbocycles. The smallest absolute Gasteiger partial charge is 0.407 e. The Labute approximate surface area is 233 Å². The fraction of sp³-hybridized carbons (Fsp3) is 0.367. The molecule has 0 atom stereocenters. The molecule has 0 fully saturated rings. The predicted molar refractivity (Wildman–Crippen MR) is 149 cm³/mol. The minimum Gasteiger partial charge on any atom is -0.491 e. The molecular formula is C30H34N2O8. The minimum absolute atomic E-state index is 0.0231. The highest BCUT2D eigenvalue weighted by Gasteiger charge is 2.28. The van der Waals surface area contributed by atoms with Crippen LogP contribution in [0, 0.1) is 10.1 Å². The molecule has 0 bridgehead atoms. The largest absolute Gasteiger partial charge is 0.491 e. The third-order valence-corrected chi connectivity index (χ3v) is 6.37. The molecule has 0 unspecified atom stereocenters. The van der Waals surface area contributed by atoms with Gasteiger partial charge in [0.05, 0.1) is 38.0 Å². The molecule has 0 heterocycles. The molecule has 0 radical (unpaired) electrons. The van der Waals surface area contributed by atoms with Gasteiger partial charge in [-0.1, -0.05) is 48.5 Å². The second-order valence-corrected chi connectivity index (χ2v) is 9.04. The van der Waals surface area contributed by atoms with Gasteiger partial charge in [-0.25, -0.2) is 4.79 Å². The lowest BCUT2D eigenvalue weighted by molar-refractivity contribution is -0.384. The highest BCUT2D eigenvalue weighted by Crippen LogP contribution is 2.44. The van der Waals surface area contributed by atoms with E-state index < -0.39 is 11.0 Å². The van der Waals surface area contributed by atoms with Crippen molar-refractivity contribution in [3.8, 4) is 16.9 Å². The summed E-state index contributed by atoms with van der Waals surface area (Å²) >= 11 is 0. The van der Waals surface area contributed by atoms with Crippen LogP contribution in [0.4, 0.5) is 10.5 Å². The van der Waals surface area contributed by atoms with Crippen molar-refractivity contribution >= 4 is 11.8 Å². The molecule has 10 heteroatoms. The highest BCUT2D eigenvalue weighted by molar-refractivity contribution is 5.79. The fourth-order valence-corrected chi connectivity index (χ4v) is 4.44. The lowest BCUT2D eigenvalue weighted by Gasteiger charge is -2.14. The van der Waals surface area contributed by atoms with E-state index in [1.54, 1.807) is 12.1 Å². The molecule has 3 aromatic rings. The van der Waals surface area contributed by atoms with Crippen LogP contribution in [0.3, 0.4) is 0 Å². The maximum atomic E-state index is 12.2. The van der Waals surface area contributed by atoms with E-state index in [2.05, 4.69) is 29.6 Å². The molecule has 212 valence electrons. The number of non-ortho nitro benzene ring substituents is 1. The highest BCUT2D eigenvalue weighted by atomic mass is 16.6. The molecule has 0 aromatic heterocycles. The van der Waals surface area contributed by atoms with Crippen molar-refractivity contribution in [2.24, 2.45) is 0 Å². The number of nitro groups is 1. The number of benzene rings is 3. The summed E-state index contributed by atoms with van der Waals surface area (Å²) in [6.07, 6.45) is 0.241. The molecule has 0 saturated heterocycles. The van der Waals surface area contributed by atoms with E-state index in [-0.39, 0.29) is 11.6 Å². The summed E-state index contributed by atoms with van der Waals surface area (Å²) in [7, 11) is 0. The van der Waals surface area contributed by atoms with E-state index in [1.807, 2.05) is 24.3 Å². The van der Waals surface area contributed by atoms with Crippen LogP contribution in [-0.2, 0) is 18.9 Å². The summed E-state index contributed by atoms with van der Waals surface area (Å²) < 4.78 is 27.4. The first kappa shape index (κ1) is 29.0. The summed E-state index contributed by atoms with van der Waals surface area (Å²) in [5.74, 6) is 0.596. The number of hydrogen-bond donors (Lipinski definition) is 1. The van der Waals surface area contributed by atoms with Crippen LogP contribution in [0.2, 0.25) is 0 Å². The second-order valence-electron chi connectivity index (χ2n) is 9.04. The molecule has 3 aromatic carbocycles. The number of fused-ring (bicyclic) bond motifs is 3. The summed E-state index contributed by atoms with van der Waals surface area (Å²) in [6.45, 7) is 3.74. The zero-order chi connectivity index (χ0) is 28.0. The van der Waals surface area contributed by atoms with Crippen LogP contribution in [-0.4, -0.2) is 70.4 Å². The number of carbonyl (C=O) groups is 1. The molecule has 0 saturated carbocycles. The molecule has 1 amide bonds. The molecule has 0 spiro atoms. The Hall–Kier alpha value is -3.99. The minimum atomic E-state index is -0.453. The number of nitrogens with one attached hydrogen (secondary N) is 1. The van der Waals surface area contributed by atoms with Gasteiger partial charge >= 0.3 is 6.09 Å². The third kappa shape index (κ3) is 8.51. The number of alkyl carbamates (subject to hydrolysis) is 1. The van der Waals surface area contributed by atoms with Crippen molar-refractivity contribution in [3.63, 3.8) is 0 Å². The average Bonchev–Trinajstić information content (AvgIpc) is 3.30. The Bertz CT molecular complexity index is 1190.